The van der Waals surface area contributed by atoms with Crippen LogP contribution in [0.2, 0.25) is 10.0 Å². The van der Waals surface area contributed by atoms with Crippen molar-refractivity contribution in [3.8, 4) is 17.2 Å². The van der Waals surface area contributed by atoms with Crippen molar-refractivity contribution in [3.63, 3.8) is 0 Å². The number of rotatable bonds is 4. The maximum Gasteiger partial charge on any atom is 0.422 e. The van der Waals surface area contributed by atoms with Crippen molar-refractivity contribution >= 4 is 34.8 Å². The van der Waals surface area contributed by atoms with E-state index in [1.54, 1.807) is 0 Å². The number of carbonyl (C=O) groups excluding carboxylic acids is 1. The van der Waals surface area contributed by atoms with Crippen molar-refractivity contribution in [1.82, 2.24) is 0 Å². The van der Waals surface area contributed by atoms with E-state index in [-0.39, 0.29) is 33.8 Å². The topological polar surface area (TPSA) is 56.8 Å². The number of carbonyl (C=O) groups is 1. The molecular formula is C16H10Cl2F3NO4. The summed E-state index contributed by atoms with van der Waals surface area (Å²) in [5, 5.41) is 2.83. The Morgan fingerprint density at radius 2 is 1.96 bits per heavy atom. The molecule has 1 heterocycles. The van der Waals surface area contributed by atoms with Gasteiger partial charge in [0.05, 0.1) is 10.7 Å². The highest BCUT2D eigenvalue weighted by Gasteiger charge is 2.29. The summed E-state index contributed by atoms with van der Waals surface area (Å²) in [4.78, 5) is 12.4. The van der Waals surface area contributed by atoms with Gasteiger partial charge in [-0.2, -0.15) is 13.2 Å². The van der Waals surface area contributed by atoms with Gasteiger partial charge in [-0.1, -0.05) is 23.2 Å². The largest absolute Gasteiger partial charge is 0.482 e. The van der Waals surface area contributed by atoms with E-state index in [1.165, 1.54) is 30.3 Å². The molecule has 3 rings (SSSR count). The predicted molar refractivity (Wildman–Crippen MR) is 88.5 cm³/mol. The molecule has 0 spiro atoms. The van der Waals surface area contributed by atoms with Crippen LogP contribution in [0.25, 0.3) is 0 Å². The molecule has 0 saturated carbocycles. The SMILES string of the molecule is O=C(Nc1cc(Cl)ccc1OCC(F)(F)F)c1cc(Cl)c2c(c1)OCO2. The average molecular weight is 408 g/mol. The van der Waals surface area contributed by atoms with Crippen molar-refractivity contribution in [3.05, 3.63) is 45.9 Å². The van der Waals surface area contributed by atoms with Crippen LogP contribution in [-0.2, 0) is 0 Å². The lowest BCUT2D eigenvalue weighted by Crippen LogP contribution is -2.20. The van der Waals surface area contributed by atoms with E-state index in [2.05, 4.69) is 5.32 Å². The first kappa shape index (κ1) is 18.5. The molecular weight excluding hydrogens is 398 g/mol. The summed E-state index contributed by atoms with van der Waals surface area (Å²) in [5.41, 5.74) is 0.113. The summed E-state index contributed by atoms with van der Waals surface area (Å²) in [6.45, 7) is -1.53. The fraction of sp³-hybridized carbons (Fsp3) is 0.188. The molecule has 0 fully saturated rings. The standard InChI is InChI=1S/C16H10Cl2F3NO4/c17-9-1-2-12(24-6-16(19,20)21)11(5-9)22-15(23)8-3-10(18)14-13(4-8)25-7-26-14/h1-5H,6-7H2,(H,22,23). The average Bonchev–Trinajstić information content (AvgIpc) is 3.02. The smallest absolute Gasteiger partial charge is 0.422 e. The van der Waals surface area contributed by atoms with E-state index in [0.29, 0.717) is 11.5 Å². The summed E-state index contributed by atoms with van der Waals surface area (Å²) in [6, 6.07) is 6.62. The minimum absolute atomic E-state index is 0.0134. The first-order valence-electron chi connectivity index (χ1n) is 7.12. The van der Waals surface area contributed by atoms with Crippen LogP contribution in [0.5, 0.6) is 17.2 Å². The van der Waals surface area contributed by atoms with E-state index < -0.39 is 18.7 Å². The van der Waals surface area contributed by atoms with E-state index in [9.17, 15) is 18.0 Å². The molecule has 138 valence electrons. The number of alkyl halides is 3. The Bertz CT molecular complexity index is 858. The fourth-order valence-corrected chi connectivity index (χ4v) is 2.62. The Kier molecular flexibility index (Phi) is 5.06. The van der Waals surface area contributed by atoms with Gasteiger partial charge in [-0.25, -0.2) is 0 Å². The zero-order valence-corrected chi connectivity index (χ0v) is 14.3. The number of anilines is 1. The molecule has 0 aromatic heterocycles. The number of amides is 1. The summed E-state index contributed by atoms with van der Waals surface area (Å²) < 4.78 is 52.2. The molecule has 26 heavy (non-hydrogen) atoms. The lowest BCUT2D eigenvalue weighted by atomic mass is 10.1. The van der Waals surface area contributed by atoms with E-state index in [1.807, 2.05) is 0 Å². The van der Waals surface area contributed by atoms with Gasteiger partial charge >= 0.3 is 6.18 Å². The van der Waals surface area contributed by atoms with Gasteiger partial charge in [0.1, 0.15) is 5.75 Å². The van der Waals surface area contributed by atoms with Gasteiger partial charge in [-0.3, -0.25) is 4.79 Å². The van der Waals surface area contributed by atoms with Crippen LogP contribution in [0.1, 0.15) is 10.4 Å². The number of hydrogen-bond acceptors (Lipinski definition) is 4. The van der Waals surface area contributed by atoms with Crippen LogP contribution < -0.4 is 19.5 Å². The summed E-state index contributed by atoms with van der Waals surface area (Å²) in [5.74, 6) is -0.196. The monoisotopic (exact) mass is 407 g/mol. The number of hydrogen-bond donors (Lipinski definition) is 1. The summed E-state index contributed by atoms with van der Waals surface area (Å²) >= 11 is 11.9. The second kappa shape index (κ2) is 7.13. The molecule has 0 aliphatic carbocycles. The maximum atomic E-state index is 12.4. The Morgan fingerprint density at radius 1 is 1.19 bits per heavy atom. The van der Waals surface area contributed by atoms with E-state index in [0.717, 1.165) is 0 Å². The van der Waals surface area contributed by atoms with Crippen molar-refractivity contribution in [2.24, 2.45) is 0 Å². The molecule has 0 unspecified atom stereocenters. The van der Waals surface area contributed by atoms with Gasteiger partial charge < -0.3 is 19.5 Å². The third-order valence-electron chi connectivity index (χ3n) is 3.27. The Labute approximate surface area is 155 Å². The van der Waals surface area contributed by atoms with Gasteiger partial charge in [0, 0.05) is 10.6 Å². The number of nitrogens with one attached hydrogen (secondary N) is 1. The number of ether oxygens (including phenoxy) is 3. The number of fused-ring (bicyclic) bond motifs is 1. The van der Waals surface area contributed by atoms with E-state index in [4.69, 9.17) is 37.4 Å². The normalized spacial score (nSPS) is 12.8. The molecule has 0 radical (unpaired) electrons. The molecule has 1 aliphatic heterocycles. The molecule has 1 N–H and O–H groups in total. The third kappa shape index (κ3) is 4.25. The van der Waals surface area contributed by atoms with Crippen LogP contribution in [-0.4, -0.2) is 25.5 Å². The lowest BCUT2D eigenvalue weighted by molar-refractivity contribution is -0.153. The Hall–Kier alpha value is -2.32. The number of halogens is 5. The van der Waals surface area contributed by atoms with Crippen LogP contribution in [0.15, 0.2) is 30.3 Å². The zero-order chi connectivity index (χ0) is 18.9. The molecule has 2 aromatic rings. The number of benzene rings is 2. The predicted octanol–water partition coefficient (Wildman–Crippen LogP) is 4.92. The zero-order valence-electron chi connectivity index (χ0n) is 12.8. The highest BCUT2D eigenvalue weighted by atomic mass is 35.5. The summed E-state index contributed by atoms with van der Waals surface area (Å²) in [6.07, 6.45) is -4.52. The Balaban J connectivity index is 1.83. The molecule has 1 aliphatic rings. The van der Waals surface area contributed by atoms with Gasteiger partial charge in [-0.05, 0) is 30.3 Å². The van der Waals surface area contributed by atoms with Crippen molar-refractivity contribution in [1.29, 1.82) is 0 Å². The highest BCUT2D eigenvalue weighted by molar-refractivity contribution is 6.33. The Morgan fingerprint density at radius 3 is 2.69 bits per heavy atom. The lowest BCUT2D eigenvalue weighted by Gasteiger charge is -2.14. The first-order valence-corrected chi connectivity index (χ1v) is 7.88. The fourth-order valence-electron chi connectivity index (χ4n) is 2.18. The van der Waals surface area contributed by atoms with Crippen LogP contribution >= 0.6 is 23.2 Å². The first-order chi connectivity index (χ1) is 12.2. The molecule has 1 amide bonds. The highest BCUT2D eigenvalue weighted by Crippen LogP contribution is 2.40. The third-order valence-corrected chi connectivity index (χ3v) is 3.79. The van der Waals surface area contributed by atoms with Gasteiger partial charge in [0.2, 0.25) is 6.79 Å². The molecule has 10 heteroatoms. The molecule has 0 bridgehead atoms. The van der Waals surface area contributed by atoms with Crippen molar-refractivity contribution in [2.45, 2.75) is 6.18 Å². The van der Waals surface area contributed by atoms with Gasteiger partial charge in [0.25, 0.3) is 5.91 Å². The quantitative estimate of drug-likeness (QED) is 0.781. The van der Waals surface area contributed by atoms with E-state index >= 15 is 0 Å². The van der Waals surface area contributed by atoms with Crippen LogP contribution in [0, 0.1) is 0 Å². The maximum absolute atomic E-state index is 12.4. The van der Waals surface area contributed by atoms with Crippen LogP contribution in [0.4, 0.5) is 18.9 Å². The van der Waals surface area contributed by atoms with Gasteiger partial charge in [0.15, 0.2) is 18.1 Å². The molecule has 0 saturated heterocycles. The minimum Gasteiger partial charge on any atom is -0.482 e. The van der Waals surface area contributed by atoms with Crippen molar-refractivity contribution < 1.29 is 32.2 Å². The van der Waals surface area contributed by atoms with Crippen LogP contribution in [0.3, 0.4) is 0 Å². The second-order valence-electron chi connectivity index (χ2n) is 5.19. The molecule has 5 nitrogen and oxygen atoms in total. The summed E-state index contributed by atoms with van der Waals surface area (Å²) in [7, 11) is 0. The van der Waals surface area contributed by atoms with Gasteiger partial charge in [-0.15, -0.1) is 0 Å². The molecule has 2 aromatic carbocycles. The minimum atomic E-state index is -4.52. The van der Waals surface area contributed by atoms with Crippen molar-refractivity contribution in [2.75, 3.05) is 18.7 Å². The molecule has 0 atom stereocenters. The second-order valence-corrected chi connectivity index (χ2v) is 6.03.